The van der Waals surface area contributed by atoms with Crippen molar-refractivity contribution in [3.63, 3.8) is 0 Å². The first-order valence-corrected chi connectivity index (χ1v) is 8.05. The molecule has 2 aromatic rings. The lowest BCUT2D eigenvalue weighted by molar-refractivity contribution is 0.0970. The van der Waals surface area contributed by atoms with Gasteiger partial charge < -0.3 is 5.73 Å². The third-order valence-corrected chi connectivity index (χ3v) is 4.76. The average Bonchev–Trinajstić information content (AvgIpc) is 2.54. The summed E-state index contributed by atoms with van der Waals surface area (Å²) in [5.74, 6) is 0.320. The number of hydrogen-bond acceptors (Lipinski definition) is 5. The molecule has 1 atom stereocenters. The molecule has 6 heteroatoms. The zero-order chi connectivity index (χ0) is 16.0. The van der Waals surface area contributed by atoms with E-state index in [0.717, 1.165) is 43.4 Å². The Morgan fingerprint density at radius 2 is 2.04 bits per heavy atom. The molecule has 0 aliphatic heterocycles. The number of nitrogens with two attached hydrogens (primary N) is 1. The fourth-order valence-electron chi connectivity index (χ4n) is 3.76. The van der Waals surface area contributed by atoms with E-state index in [9.17, 15) is 9.59 Å². The number of aromatic amines is 1. The molecule has 118 valence electrons. The van der Waals surface area contributed by atoms with E-state index < -0.39 is 0 Å². The van der Waals surface area contributed by atoms with Gasteiger partial charge in [-0.05, 0) is 43.6 Å². The number of Topliss-reactive ketones (excluding diaryl/α,β-unsaturated/α-hetero) is 1. The first-order chi connectivity index (χ1) is 11.1. The van der Waals surface area contributed by atoms with Gasteiger partial charge in [-0.1, -0.05) is 12.2 Å². The Hall–Kier alpha value is -2.50. The Balaban J connectivity index is 2.10. The molecular formula is C17H18N4O2. The number of nitrogens with zero attached hydrogens (tertiary/aromatic N) is 2. The first-order valence-electron chi connectivity index (χ1n) is 8.05. The first kappa shape index (κ1) is 14.1. The Labute approximate surface area is 132 Å². The van der Waals surface area contributed by atoms with Crippen molar-refractivity contribution in [3.05, 3.63) is 39.3 Å². The summed E-state index contributed by atoms with van der Waals surface area (Å²) in [4.78, 5) is 36.3. The summed E-state index contributed by atoms with van der Waals surface area (Å²) in [5, 5.41) is 0.438. The third kappa shape index (κ3) is 2.25. The zero-order valence-corrected chi connectivity index (χ0v) is 12.8. The van der Waals surface area contributed by atoms with E-state index in [1.54, 1.807) is 0 Å². The maximum atomic E-state index is 12.6. The molecule has 0 amide bonds. The number of aromatic nitrogens is 3. The van der Waals surface area contributed by atoms with Crippen LogP contribution in [0, 0.1) is 0 Å². The SMILES string of the molecule is Nc1nc2nc3c(c(C4CC=CCC4)c2c(=O)[nH]1)C(=O)CCC3. The van der Waals surface area contributed by atoms with Gasteiger partial charge in [0.15, 0.2) is 11.4 Å². The average molecular weight is 310 g/mol. The maximum absolute atomic E-state index is 12.6. The van der Waals surface area contributed by atoms with Gasteiger partial charge in [0.2, 0.25) is 5.95 Å². The fourth-order valence-corrected chi connectivity index (χ4v) is 3.76. The quantitative estimate of drug-likeness (QED) is 0.786. The number of ketones is 1. The number of pyridine rings is 1. The lowest BCUT2D eigenvalue weighted by atomic mass is 9.79. The number of rotatable bonds is 1. The van der Waals surface area contributed by atoms with Crippen molar-refractivity contribution in [2.45, 2.75) is 44.4 Å². The number of nitrogen functional groups attached to an aromatic ring is 1. The van der Waals surface area contributed by atoms with Gasteiger partial charge in [-0.2, -0.15) is 4.98 Å². The molecule has 6 nitrogen and oxygen atoms in total. The van der Waals surface area contributed by atoms with Crippen LogP contribution in [0.5, 0.6) is 0 Å². The largest absolute Gasteiger partial charge is 0.369 e. The number of carbonyl (C=O) groups is 1. The van der Waals surface area contributed by atoms with Crippen LogP contribution < -0.4 is 11.3 Å². The highest BCUT2D eigenvalue weighted by Gasteiger charge is 2.30. The van der Waals surface area contributed by atoms with E-state index in [0.29, 0.717) is 23.0 Å². The van der Waals surface area contributed by atoms with Gasteiger partial charge >= 0.3 is 0 Å². The minimum atomic E-state index is -0.300. The molecule has 2 aliphatic carbocycles. The van der Waals surface area contributed by atoms with E-state index in [-0.39, 0.29) is 23.2 Å². The minimum Gasteiger partial charge on any atom is -0.369 e. The Morgan fingerprint density at radius 3 is 2.83 bits per heavy atom. The van der Waals surface area contributed by atoms with Crippen molar-refractivity contribution in [3.8, 4) is 0 Å². The Bertz CT molecular complexity index is 898. The molecule has 0 aromatic carbocycles. The normalized spacial score (nSPS) is 20.7. The third-order valence-electron chi connectivity index (χ3n) is 4.76. The molecule has 2 heterocycles. The van der Waals surface area contributed by atoms with Crippen LogP contribution in [-0.2, 0) is 6.42 Å². The van der Waals surface area contributed by atoms with Gasteiger partial charge in [0.25, 0.3) is 5.56 Å². The van der Waals surface area contributed by atoms with E-state index in [1.807, 2.05) is 0 Å². The molecule has 0 bridgehead atoms. The molecule has 1 unspecified atom stereocenters. The van der Waals surface area contributed by atoms with Crippen molar-refractivity contribution >= 4 is 22.8 Å². The standard InChI is InChI=1S/C17H18N4O2/c18-17-20-15-14(16(23)21-17)12(9-5-2-1-3-6-9)13-10(19-15)7-4-8-11(13)22/h1-2,9H,3-8H2,(H3,18,19,20,21,23). The second kappa shape index (κ2) is 5.30. The molecule has 0 spiro atoms. The molecule has 0 radical (unpaired) electrons. The second-order valence-electron chi connectivity index (χ2n) is 6.26. The molecule has 23 heavy (non-hydrogen) atoms. The van der Waals surface area contributed by atoms with Crippen molar-refractivity contribution in [1.29, 1.82) is 0 Å². The summed E-state index contributed by atoms with van der Waals surface area (Å²) < 4.78 is 0. The van der Waals surface area contributed by atoms with Crippen molar-refractivity contribution < 1.29 is 4.79 Å². The van der Waals surface area contributed by atoms with Gasteiger partial charge in [0, 0.05) is 12.0 Å². The van der Waals surface area contributed by atoms with E-state index in [4.69, 9.17) is 5.73 Å². The fraction of sp³-hybridized carbons (Fsp3) is 0.412. The van der Waals surface area contributed by atoms with Gasteiger partial charge in [-0.25, -0.2) is 4.98 Å². The van der Waals surface area contributed by atoms with Gasteiger partial charge in [0.05, 0.1) is 11.1 Å². The molecule has 0 saturated heterocycles. The molecule has 0 fully saturated rings. The predicted molar refractivity (Wildman–Crippen MR) is 87.6 cm³/mol. The van der Waals surface area contributed by atoms with Crippen molar-refractivity contribution in [2.24, 2.45) is 0 Å². The predicted octanol–water partition coefficient (Wildman–Crippen LogP) is 2.24. The van der Waals surface area contributed by atoms with Crippen molar-refractivity contribution in [2.75, 3.05) is 5.73 Å². The number of H-pyrrole nitrogens is 1. The van der Waals surface area contributed by atoms with Gasteiger partial charge in [-0.15, -0.1) is 0 Å². The molecule has 2 aliphatic rings. The van der Waals surface area contributed by atoms with E-state index in [2.05, 4.69) is 27.1 Å². The van der Waals surface area contributed by atoms with E-state index >= 15 is 0 Å². The highest BCUT2D eigenvalue weighted by Crippen LogP contribution is 2.37. The minimum absolute atomic E-state index is 0.0616. The summed E-state index contributed by atoms with van der Waals surface area (Å²) in [7, 11) is 0. The summed E-state index contributed by atoms with van der Waals surface area (Å²) in [6.07, 6.45) is 9.07. The topological polar surface area (TPSA) is 102 Å². The van der Waals surface area contributed by atoms with Crippen molar-refractivity contribution in [1.82, 2.24) is 15.0 Å². The van der Waals surface area contributed by atoms with Crippen LogP contribution >= 0.6 is 0 Å². The van der Waals surface area contributed by atoms with Crippen LogP contribution in [0.3, 0.4) is 0 Å². The Morgan fingerprint density at radius 1 is 1.17 bits per heavy atom. The second-order valence-corrected chi connectivity index (χ2v) is 6.26. The van der Waals surface area contributed by atoms with Crippen LogP contribution in [0.1, 0.15) is 59.6 Å². The molecule has 0 saturated carbocycles. The van der Waals surface area contributed by atoms with Crippen LogP contribution in [0.4, 0.5) is 5.95 Å². The summed E-state index contributed by atoms with van der Waals surface area (Å²) >= 11 is 0. The number of aryl methyl sites for hydroxylation is 1. The number of fused-ring (bicyclic) bond motifs is 2. The maximum Gasteiger partial charge on any atom is 0.262 e. The summed E-state index contributed by atoms with van der Waals surface area (Å²) in [5.41, 5.74) is 8.02. The lowest BCUT2D eigenvalue weighted by Crippen LogP contribution is -2.23. The molecule has 3 N–H and O–H groups in total. The highest BCUT2D eigenvalue weighted by atomic mass is 16.1. The van der Waals surface area contributed by atoms with Gasteiger partial charge in [0.1, 0.15) is 0 Å². The smallest absolute Gasteiger partial charge is 0.262 e. The number of carbonyl (C=O) groups excluding carboxylic acids is 1. The number of nitrogens with one attached hydrogen (secondary N) is 1. The number of hydrogen-bond donors (Lipinski definition) is 2. The molecular weight excluding hydrogens is 292 g/mol. The van der Waals surface area contributed by atoms with Crippen LogP contribution in [0.15, 0.2) is 16.9 Å². The number of anilines is 1. The summed E-state index contributed by atoms with van der Waals surface area (Å²) in [6, 6.07) is 0. The van der Waals surface area contributed by atoms with Crippen LogP contribution in [0.25, 0.3) is 11.0 Å². The number of allylic oxidation sites excluding steroid dienone is 2. The molecule has 4 rings (SSSR count). The molecule has 2 aromatic heterocycles. The van der Waals surface area contributed by atoms with Crippen LogP contribution in [-0.4, -0.2) is 20.7 Å². The van der Waals surface area contributed by atoms with Crippen LogP contribution in [0.2, 0.25) is 0 Å². The van der Waals surface area contributed by atoms with Gasteiger partial charge in [-0.3, -0.25) is 14.6 Å². The van der Waals surface area contributed by atoms with E-state index in [1.165, 1.54) is 0 Å². The highest BCUT2D eigenvalue weighted by molar-refractivity contribution is 6.03. The summed E-state index contributed by atoms with van der Waals surface area (Å²) in [6.45, 7) is 0. The Kier molecular flexibility index (Phi) is 3.25. The lowest BCUT2D eigenvalue weighted by Gasteiger charge is -2.25. The monoisotopic (exact) mass is 310 g/mol. The zero-order valence-electron chi connectivity index (χ0n) is 12.8.